The zero-order valence-corrected chi connectivity index (χ0v) is 18.8. The van der Waals surface area contributed by atoms with Gasteiger partial charge in [0.2, 0.25) is 5.88 Å². The predicted octanol–water partition coefficient (Wildman–Crippen LogP) is 3.95. The lowest BCUT2D eigenvalue weighted by molar-refractivity contribution is 0.213. The summed E-state index contributed by atoms with van der Waals surface area (Å²) >= 11 is 0. The van der Waals surface area contributed by atoms with Crippen molar-refractivity contribution in [3.63, 3.8) is 0 Å². The second-order valence-electron chi connectivity index (χ2n) is 8.48. The first-order valence-corrected chi connectivity index (χ1v) is 10.9. The van der Waals surface area contributed by atoms with Crippen molar-refractivity contribution >= 4 is 28.3 Å². The quantitative estimate of drug-likeness (QED) is 0.611. The Kier molecular flexibility index (Phi) is 6.70. The zero-order chi connectivity index (χ0) is 22.5. The Morgan fingerprint density at radius 3 is 2.59 bits per heavy atom. The predicted molar refractivity (Wildman–Crippen MR) is 128 cm³/mol. The third-order valence-electron chi connectivity index (χ3n) is 5.82. The highest BCUT2D eigenvalue weighted by atomic mass is 16.5. The topological polar surface area (TPSA) is 82.6 Å². The minimum atomic E-state index is -0.184. The van der Waals surface area contributed by atoms with Crippen LogP contribution >= 0.6 is 0 Å². The van der Waals surface area contributed by atoms with Gasteiger partial charge in [-0.2, -0.15) is 0 Å². The first kappa shape index (κ1) is 21.8. The van der Waals surface area contributed by atoms with Crippen LogP contribution in [-0.4, -0.2) is 61.7 Å². The van der Waals surface area contributed by atoms with Gasteiger partial charge in [-0.25, -0.2) is 14.8 Å². The van der Waals surface area contributed by atoms with Crippen molar-refractivity contribution in [3.05, 3.63) is 48.8 Å². The van der Waals surface area contributed by atoms with E-state index in [-0.39, 0.29) is 6.03 Å². The van der Waals surface area contributed by atoms with E-state index in [0.29, 0.717) is 29.8 Å². The largest absolute Gasteiger partial charge is 0.438 e. The number of hydrogen-bond donors (Lipinski definition) is 2. The summed E-state index contributed by atoms with van der Waals surface area (Å²) in [5.74, 6) is 1.68. The molecule has 2 heterocycles. The van der Waals surface area contributed by atoms with E-state index in [2.05, 4.69) is 32.5 Å². The zero-order valence-electron chi connectivity index (χ0n) is 18.8. The van der Waals surface area contributed by atoms with Gasteiger partial charge in [0, 0.05) is 32.0 Å². The molecular weight excluding hydrogens is 404 g/mol. The number of carbonyl (C=O) groups excluding carboxylic acids is 1. The molecule has 0 atom stereocenters. The molecule has 2 aromatic carbocycles. The molecule has 1 aliphatic heterocycles. The van der Waals surface area contributed by atoms with Crippen LogP contribution < -0.4 is 20.3 Å². The van der Waals surface area contributed by atoms with Crippen molar-refractivity contribution in [2.45, 2.75) is 12.8 Å². The van der Waals surface area contributed by atoms with Gasteiger partial charge in [-0.05, 0) is 81.4 Å². The van der Waals surface area contributed by atoms with E-state index < -0.39 is 0 Å². The molecule has 8 heteroatoms. The molecule has 32 heavy (non-hydrogen) atoms. The van der Waals surface area contributed by atoms with E-state index >= 15 is 0 Å². The van der Waals surface area contributed by atoms with Crippen LogP contribution in [0.5, 0.6) is 11.6 Å². The van der Waals surface area contributed by atoms with Crippen molar-refractivity contribution in [1.82, 2.24) is 20.2 Å². The lowest BCUT2D eigenvalue weighted by Crippen LogP contribution is -2.38. The number of anilines is 2. The normalized spacial score (nSPS) is 14.8. The summed E-state index contributed by atoms with van der Waals surface area (Å²) in [7, 11) is 6.12. The van der Waals surface area contributed by atoms with E-state index in [4.69, 9.17) is 4.74 Å². The monoisotopic (exact) mass is 434 g/mol. The molecule has 168 valence electrons. The van der Waals surface area contributed by atoms with Crippen molar-refractivity contribution in [3.8, 4) is 11.6 Å². The van der Waals surface area contributed by atoms with Gasteiger partial charge < -0.3 is 25.2 Å². The highest BCUT2D eigenvalue weighted by Gasteiger charge is 2.17. The Morgan fingerprint density at radius 1 is 1.12 bits per heavy atom. The standard InChI is InChI=1S/C24H30N6O2/c1-29(2)19-6-9-21-22(14-19)26-16-27-23(21)32-20-7-4-18(5-8-20)28-24(31)25-15-17-10-12-30(3)13-11-17/h4-9,14,16-17H,10-13,15H2,1-3H3,(H2,25,28,31). The molecule has 0 aliphatic carbocycles. The molecular formula is C24H30N6O2. The molecule has 0 bridgehead atoms. The first-order chi connectivity index (χ1) is 15.5. The summed E-state index contributed by atoms with van der Waals surface area (Å²) < 4.78 is 5.99. The molecule has 1 aliphatic rings. The highest BCUT2D eigenvalue weighted by molar-refractivity contribution is 5.89. The smallest absolute Gasteiger partial charge is 0.319 e. The van der Waals surface area contributed by atoms with E-state index in [1.807, 2.05) is 61.5 Å². The first-order valence-electron chi connectivity index (χ1n) is 10.9. The maximum absolute atomic E-state index is 12.2. The fraction of sp³-hybridized carbons (Fsp3) is 0.375. The van der Waals surface area contributed by atoms with Crippen LogP contribution in [0.25, 0.3) is 10.9 Å². The molecule has 0 radical (unpaired) electrons. The van der Waals surface area contributed by atoms with Crippen LogP contribution in [0.4, 0.5) is 16.2 Å². The van der Waals surface area contributed by atoms with Crippen LogP contribution in [-0.2, 0) is 0 Å². The third kappa shape index (κ3) is 5.45. The minimum absolute atomic E-state index is 0.184. The Hall–Kier alpha value is -3.39. The number of benzene rings is 2. The van der Waals surface area contributed by atoms with E-state index in [1.54, 1.807) is 0 Å². The summed E-state index contributed by atoms with van der Waals surface area (Å²) in [6, 6.07) is 13.1. The number of fused-ring (bicyclic) bond motifs is 1. The minimum Gasteiger partial charge on any atom is -0.438 e. The van der Waals surface area contributed by atoms with Gasteiger partial charge in [-0.15, -0.1) is 0 Å². The van der Waals surface area contributed by atoms with Crippen LogP contribution in [0, 0.1) is 5.92 Å². The molecule has 3 aromatic rings. The second-order valence-corrected chi connectivity index (χ2v) is 8.48. The SMILES string of the molecule is CN1CCC(CNC(=O)Nc2ccc(Oc3ncnc4cc(N(C)C)ccc34)cc2)CC1. The molecule has 8 nitrogen and oxygen atoms in total. The van der Waals surface area contributed by atoms with Crippen molar-refractivity contribution < 1.29 is 9.53 Å². The van der Waals surface area contributed by atoms with E-state index in [9.17, 15) is 4.79 Å². The average Bonchev–Trinajstić information content (AvgIpc) is 2.80. The van der Waals surface area contributed by atoms with Crippen molar-refractivity contribution in [2.75, 3.05) is 51.0 Å². The summed E-state index contributed by atoms with van der Waals surface area (Å²) in [5, 5.41) is 6.71. The molecule has 0 unspecified atom stereocenters. The number of hydrogen-bond acceptors (Lipinski definition) is 6. The molecule has 1 saturated heterocycles. The lowest BCUT2D eigenvalue weighted by Gasteiger charge is -2.28. The molecule has 0 spiro atoms. The number of carbonyl (C=O) groups is 1. The van der Waals surface area contributed by atoms with Gasteiger partial charge in [0.15, 0.2) is 0 Å². The average molecular weight is 435 g/mol. The van der Waals surface area contributed by atoms with Crippen molar-refractivity contribution in [1.29, 1.82) is 0 Å². The lowest BCUT2D eigenvalue weighted by atomic mass is 9.97. The van der Waals surface area contributed by atoms with Crippen LogP contribution in [0.15, 0.2) is 48.8 Å². The molecule has 2 N–H and O–H groups in total. The molecule has 1 fully saturated rings. The van der Waals surface area contributed by atoms with Crippen LogP contribution in [0.2, 0.25) is 0 Å². The fourth-order valence-electron chi connectivity index (χ4n) is 3.78. The Balaban J connectivity index is 1.34. The number of nitrogens with one attached hydrogen (secondary N) is 2. The second kappa shape index (κ2) is 9.82. The number of likely N-dealkylation sites (tertiary alicyclic amines) is 1. The number of piperidine rings is 1. The number of nitrogens with zero attached hydrogens (tertiary/aromatic N) is 4. The van der Waals surface area contributed by atoms with Crippen LogP contribution in [0.3, 0.4) is 0 Å². The summed E-state index contributed by atoms with van der Waals surface area (Å²) in [6.07, 6.45) is 3.75. The highest BCUT2D eigenvalue weighted by Crippen LogP contribution is 2.29. The summed E-state index contributed by atoms with van der Waals surface area (Å²) in [4.78, 5) is 25.2. The fourth-order valence-corrected chi connectivity index (χ4v) is 3.78. The van der Waals surface area contributed by atoms with Gasteiger partial charge >= 0.3 is 6.03 Å². The Bertz CT molecular complexity index is 1060. The van der Waals surface area contributed by atoms with Gasteiger partial charge in [-0.3, -0.25) is 0 Å². The number of amides is 2. The summed E-state index contributed by atoms with van der Waals surface area (Å²) in [5.41, 5.74) is 2.59. The summed E-state index contributed by atoms with van der Waals surface area (Å²) in [6.45, 7) is 2.89. The molecule has 2 amide bonds. The van der Waals surface area contributed by atoms with Crippen LogP contribution in [0.1, 0.15) is 12.8 Å². The maximum atomic E-state index is 12.2. The Labute approximate surface area is 188 Å². The van der Waals surface area contributed by atoms with Gasteiger partial charge in [0.1, 0.15) is 12.1 Å². The maximum Gasteiger partial charge on any atom is 0.319 e. The number of ether oxygens (including phenoxy) is 1. The van der Waals surface area contributed by atoms with Gasteiger partial charge in [0.25, 0.3) is 0 Å². The van der Waals surface area contributed by atoms with E-state index in [0.717, 1.165) is 42.5 Å². The van der Waals surface area contributed by atoms with Crippen molar-refractivity contribution in [2.24, 2.45) is 5.92 Å². The molecule has 0 saturated carbocycles. The van der Waals surface area contributed by atoms with E-state index in [1.165, 1.54) is 6.33 Å². The molecule has 1 aromatic heterocycles. The molecule has 4 rings (SSSR count). The number of rotatable bonds is 6. The Morgan fingerprint density at radius 2 is 1.88 bits per heavy atom. The number of urea groups is 1. The third-order valence-corrected chi connectivity index (χ3v) is 5.82. The van der Waals surface area contributed by atoms with Gasteiger partial charge in [0.05, 0.1) is 10.9 Å². The van der Waals surface area contributed by atoms with Gasteiger partial charge in [-0.1, -0.05) is 0 Å². The number of aromatic nitrogens is 2.